The molecule has 1 aromatic rings. The standard InChI is InChI=1S/C12H14O3/c1-8-6-15-7-9-4-11(13-2)12(14-3)5-10(8)9/h4-5H,1,6-7H2,2-3H3. The van der Waals surface area contributed by atoms with Crippen molar-refractivity contribution in [3.05, 3.63) is 29.8 Å². The smallest absolute Gasteiger partial charge is 0.161 e. The summed E-state index contributed by atoms with van der Waals surface area (Å²) in [5.41, 5.74) is 3.19. The van der Waals surface area contributed by atoms with Gasteiger partial charge in [-0.1, -0.05) is 6.58 Å². The van der Waals surface area contributed by atoms with Gasteiger partial charge in [-0.2, -0.15) is 0 Å². The summed E-state index contributed by atoms with van der Waals surface area (Å²) in [7, 11) is 3.26. The van der Waals surface area contributed by atoms with Crippen molar-refractivity contribution >= 4 is 5.57 Å². The molecule has 2 rings (SSSR count). The molecule has 0 N–H and O–H groups in total. The molecule has 80 valence electrons. The van der Waals surface area contributed by atoms with E-state index >= 15 is 0 Å². The molecule has 1 aromatic carbocycles. The Kier molecular flexibility index (Phi) is 2.64. The van der Waals surface area contributed by atoms with E-state index in [0.717, 1.165) is 28.2 Å². The Balaban J connectivity index is 2.53. The molecule has 0 saturated heterocycles. The average molecular weight is 206 g/mol. The molecule has 1 heterocycles. The molecular weight excluding hydrogens is 192 g/mol. The number of ether oxygens (including phenoxy) is 3. The number of methoxy groups -OCH3 is 2. The van der Waals surface area contributed by atoms with Gasteiger partial charge < -0.3 is 14.2 Å². The Morgan fingerprint density at radius 2 is 1.80 bits per heavy atom. The lowest BCUT2D eigenvalue weighted by Crippen LogP contribution is -2.09. The van der Waals surface area contributed by atoms with Crippen molar-refractivity contribution in [1.82, 2.24) is 0 Å². The molecule has 0 radical (unpaired) electrons. The zero-order chi connectivity index (χ0) is 10.8. The van der Waals surface area contributed by atoms with E-state index in [1.807, 2.05) is 12.1 Å². The second-order valence-electron chi connectivity index (χ2n) is 3.46. The predicted octanol–water partition coefficient (Wildman–Crippen LogP) is 2.25. The maximum Gasteiger partial charge on any atom is 0.161 e. The highest BCUT2D eigenvalue weighted by molar-refractivity contribution is 5.71. The molecule has 0 amide bonds. The first-order chi connectivity index (χ1) is 7.26. The van der Waals surface area contributed by atoms with E-state index in [1.165, 1.54) is 0 Å². The van der Waals surface area contributed by atoms with Crippen molar-refractivity contribution < 1.29 is 14.2 Å². The van der Waals surface area contributed by atoms with Crippen LogP contribution in [0.2, 0.25) is 0 Å². The summed E-state index contributed by atoms with van der Waals surface area (Å²) < 4.78 is 15.9. The summed E-state index contributed by atoms with van der Waals surface area (Å²) in [5.74, 6) is 1.47. The molecule has 0 aromatic heterocycles. The van der Waals surface area contributed by atoms with Crippen LogP contribution in [0, 0.1) is 0 Å². The highest BCUT2D eigenvalue weighted by Gasteiger charge is 2.16. The third-order valence-electron chi connectivity index (χ3n) is 2.52. The molecule has 0 fully saturated rings. The number of fused-ring (bicyclic) bond motifs is 1. The molecule has 3 heteroatoms. The molecule has 0 unspecified atom stereocenters. The quantitative estimate of drug-likeness (QED) is 0.742. The number of benzene rings is 1. The average Bonchev–Trinajstić information content (AvgIpc) is 2.28. The van der Waals surface area contributed by atoms with Crippen LogP contribution < -0.4 is 9.47 Å². The highest BCUT2D eigenvalue weighted by atomic mass is 16.5. The van der Waals surface area contributed by atoms with Gasteiger partial charge in [0.1, 0.15) is 0 Å². The molecule has 0 saturated carbocycles. The zero-order valence-electron chi connectivity index (χ0n) is 9.00. The van der Waals surface area contributed by atoms with Gasteiger partial charge in [0.25, 0.3) is 0 Å². The number of hydrogen-bond donors (Lipinski definition) is 0. The molecule has 3 nitrogen and oxygen atoms in total. The largest absolute Gasteiger partial charge is 0.493 e. The summed E-state index contributed by atoms with van der Waals surface area (Å²) in [6, 6.07) is 3.90. The number of hydrogen-bond acceptors (Lipinski definition) is 3. The third kappa shape index (κ3) is 1.70. The Morgan fingerprint density at radius 1 is 1.13 bits per heavy atom. The van der Waals surface area contributed by atoms with Crippen molar-refractivity contribution in [2.45, 2.75) is 6.61 Å². The minimum Gasteiger partial charge on any atom is -0.493 e. The van der Waals surface area contributed by atoms with Crippen LogP contribution in [0.3, 0.4) is 0 Å². The summed E-state index contributed by atoms with van der Waals surface area (Å²) in [4.78, 5) is 0. The van der Waals surface area contributed by atoms with Crippen LogP contribution in [0.5, 0.6) is 11.5 Å². The van der Waals surface area contributed by atoms with Crippen molar-refractivity contribution in [1.29, 1.82) is 0 Å². The minimum atomic E-state index is 0.586. The Bertz CT molecular complexity index is 396. The fourth-order valence-electron chi connectivity index (χ4n) is 1.73. The van der Waals surface area contributed by atoms with Crippen LogP contribution in [0.15, 0.2) is 18.7 Å². The van der Waals surface area contributed by atoms with E-state index in [-0.39, 0.29) is 0 Å². The topological polar surface area (TPSA) is 27.7 Å². The zero-order valence-corrected chi connectivity index (χ0v) is 9.00. The lowest BCUT2D eigenvalue weighted by atomic mass is 9.99. The second kappa shape index (κ2) is 3.95. The first-order valence-corrected chi connectivity index (χ1v) is 4.77. The highest BCUT2D eigenvalue weighted by Crippen LogP contribution is 2.35. The lowest BCUT2D eigenvalue weighted by Gasteiger charge is -2.20. The fraction of sp³-hybridized carbons (Fsp3) is 0.333. The van der Waals surface area contributed by atoms with Crippen LogP contribution >= 0.6 is 0 Å². The summed E-state index contributed by atoms with van der Waals surface area (Å²) in [6.07, 6.45) is 0. The normalized spacial score (nSPS) is 14.7. The van der Waals surface area contributed by atoms with E-state index in [2.05, 4.69) is 6.58 Å². The number of rotatable bonds is 2. The van der Waals surface area contributed by atoms with Gasteiger partial charge in [0.2, 0.25) is 0 Å². The van der Waals surface area contributed by atoms with Gasteiger partial charge in [-0.15, -0.1) is 0 Å². The van der Waals surface area contributed by atoms with Crippen LogP contribution in [0.1, 0.15) is 11.1 Å². The molecule has 0 atom stereocenters. The van der Waals surface area contributed by atoms with Gasteiger partial charge in [-0.3, -0.25) is 0 Å². The summed E-state index contributed by atoms with van der Waals surface area (Å²) in [6.45, 7) is 5.16. The van der Waals surface area contributed by atoms with Crippen molar-refractivity contribution in [3.8, 4) is 11.5 Å². The van der Waals surface area contributed by atoms with E-state index in [9.17, 15) is 0 Å². The molecule has 0 bridgehead atoms. The van der Waals surface area contributed by atoms with Gasteiger partial charge in [0, 0.05) is 0 Å². The maximum absolute atomic E-state index is 5.39. The Morgan fingerprint density at radius 3 is 2.47 bits per heavy atom. The van der Waals surface area contributed by atoms with Crippen LogP contribution in [0.25, 0.3) is 5.57 Å². The predicted molar refractivity (Wildman–Crippen MR) is 58.2 cm³/mol. The van der Waals surface area contributed by atoms with Gasteiger partial charge in [0.15, 0.2) is 11.5 Å². The monoisotopic (exact) mass is 206 g/mol. The molecule has 0 aliphatic carbocycles. The van der Waals surface area contributed by atoms with Crippen molar-refractivity contribution in [2.24, 2.45) is 0 Å². The van der Waals surface area contributed by atoms with Gasteiger partial charge in [0.05, 0.1) is 27.4 Å². The molecule has 1 aliphatic rings. The molecule has 1 aliphatic heterocycles. The van der Waals surface area contributed by atoms with E-state index in [4.69, 9.17) is 14.2 Å². The minimum absolute atomic E-state index is 0.586. The fourth-order valence-corrected chi connectivity index (χ4v) is 1.73. The first-order valence-electron chi connectivity index (χ1n) is 4.77. The van der Waals surface area contributed by atoms with Gasteiger partial charge in [-0.25, -0.2) is 0 Å². The van der Waals surface area contributed by atoms with E-state index in [1.54, 1.807) is 14.2 Å². The van der Waals surface area contributed by atoms with Crippen LogP contribution in [0.4, 0.5) is 0 Å². The first kappa shape index (κ1) is 10.1. The molecule has 0 spiro atoms. The lowest BCUT2D eigenvalue weighted by molar-refractivity contribution is 0.146. The SMILES string of the molecule is C=C1COCc2cc(OC)c(OC)cc21. The third-order valence-corrected chi connectivity index (χ3v) is 2.52. The molecular formula is C12H14O3. The summed E-state index contributed by atoms with van der Waals surface area (Å²) >= 11 is 0. The van der Waals surface area contributed by atoms with Gasteiger partial charge in [-0.05, 0) is 28.8 Å². The van der Waals surface area contributed by atoms with Crippen LogP contribution in [-0.2, 0) is 11.3 Å². The van der Waals surface area contributed by atoms with E-state index < -0.39 is 0 Å². The second-order valence-corrected chi connectivity index (χ2v) is 3.46. The van der Waals surface area contributed by atoms with E-state index in [0.29, 0.717) is 13.2 Å². The molecule has 15 heavy (non-hydrogen) atoms. The Hall–Kier alpha value is -1.48. The maximum atomic E-state index is 5.39. The summed E-state index contributed by atoms with van der Waals surface area (Å²) in [5, 5.41) is 0. The van der Waals surface area contributed by atoms with Crippen LogP contribution in [-0.4, -0.2) is 20.8 Å². The van der Waals surface area contributed by atoms with Crippen molar-refractivity contribution in [2.75, 3.05) is 20.8 Å². The Labute approximate surface area is 89.3 Å². The van der Waals surface area contributed by atoms with Gasteiger partial charge >= 0.3 is 0 Å². The van der Waals surface area contributed by atoms with Crippen molar-refractivity contribution in [3.63, 3.8) is 0 Å².